The van der Waals surface area contributed by atoms with Crippen LogP contribution in [0.2, 0.25) is 0 Å². The number of halogens is 2. The minimum absolute atomic E-state index is 0.280. The molecule has 100 valence electrons. The van der Waals surface area contributed by atoms with E-state index in [1.165, 1.54) is 11.0 Å². The van der Waals surface area contributed by atoms with Crippen LogP contribution in [0, 0.1) is 24.1 Å². The van der Waals surface area contributed by atoms with E-state index in [1.807, 2.05) is 4.90 Å². The van der Waals surface area contributed by atoms with Gasteiger partial charge in [-0.25, -0.2) is 9.37 Å². The fourth-order valence-electron chi connectivity index (χ4n) is 1.99. The largest absolute Gasteiger partial charge is 0.336 e. The number of hydrogen-bond acceptors (Lipinski definition) is 3. The van der Waals surface area contributed by atoms with Crippen LogP contribution in [0.25, 0.3) is 0 Å². The third-order valence-corrected chi connectivity index (χ3v) is 3.05. The number of carbonyl (C=O) groups excluding carboxylic acids is 1. The molecular weight excluding hydrogens is 252 g/mol. The summed E-state index contributed by atoms with van der Waals surface area (Å²) in [5.41, 5.74) is -0.280. The average molecular weight is 265 g/mol. The van der Waals surface area contributed by atoms with Crippen LogP contribution >= 0.6 is 0 Å². The summed E-state index contributed by atoms with van der Waals surface area (Å²) < 4.78 is 26.5. The quantitative estimate of drug-likeness (QED) is 0.585. The number of aromatic nitrogens is 1. The van der Waals surface area contributed by atoms with E-state index in [0.717, 1.165) is 6.20 Å². The number of nitrogens with zero attached hydrogens (tertiary/aromatic N) is 3. The Balaban J connectivity index is 2.06. The number of rotatable bonds is 2. The molecule has 1 aromatic heterocycles. The minimum Gasteiger partial charge on any atom is -0.336 e. The van der Waals surface area contributed by atoms with Crippen molar-refractivity contribution in [2.75, 3.05) is 32.7 Å². The molecule has 1 saturated heterocycles. The van der Waals surface area contributed by atoms with Crippen LogP contribution < -0.4 is 0 Å². The molecule has 0 N–H and O–H groups in total. The van der Waals surface area contributed by atoms with Crippen molar-refractivity contribution in [3.05, 3.63) is 29.6 Å². The SMILES string of the molecule is C#CCN1CCN(C(=O)c2ccnc(F)c2F)CC1. The zero-order chi connectivity index (χ0) is 13.8. The molecule has 0 saturated carbocycles. The number of amides is 1. The van der Waals surface area contributed by atoms with Crippen molar-refractivity contribution in [3.8, 4) is 12.3 Å². The maximum Gasteiger partial charge on any atom is 0.257 e. The lowest BCUT2D eigenvalue weighted by molar-refractivity contribution is 0.0646. The Morgan fingerprint density at radius 1 is 1.37 bits per heavy atom. The lowest BCUT2D eigenvalue weighted by Gasteiger charge is -2.33. The topological polar surface area (TPSA) is 36.4 Å². The molecule has 1 fully saturated rings. The molecule has 0 atom stereocenters. The second-order valence-electron chi connectivity index (χ2n) is 4.24. The van der Waals surface area contributed by atoms with Crippen LogP contribution in [0.4, 0.5) is 8.78 Å². The Bertz CT molecular complexity index is 519. The van der Waals surface area contributed by atoms with Gasteiger partial charge < -0.3 is 4.90 Å². The standard InChI is InChI=1S/C13H13F2N3O/c1-2-5-17-6-8-18(9-7-17)13(19)10-3-4-16-12(15)11(10)14/h1,3-4H,5-9H2. The van der Waals surface area contributed by atoms with Gasteiger partial charge in [-0.05, 0) is 6.07 Å². The van der Waals surface area contributed by atoms with Crippen molar-refractivity contribution < 1.29 is 13.6 Å². The number of pyridine rings is 1. The number of carbonyl (C=O) groups is 1. The smallest absolute Gasteiger partial charge is 0.257 e. The zero-order valence-corrected chi connectivity index (χ0v) is 10.3. The average Bonchev–Trinajstić information content (AvgIpc) is 2.42. The zero-order valence-electron chi connectivity index (χ0n) is 10.3. The number of terminal acetylenes is 1. The van der Waals surface area contributed by atoms with E-state index < -0.39 is 17.7 Å². The van der Waals surface area contributed by atoms with Gasteiger partial charge >= 0.3 is 0 Å². The van der Waals surface area contributed by atoms with E-state index in [0.29, 0.717) is 32.7 Å². The first-order chi connectivity index (χ1) is 9.13. The molecular formula is C13H13F2N3O. The van der Waals surface area contributed by atoms with Gasteiger partial charge in [-0.3, -0.25) is 9.69 Å². The summed E-state index contributed by atoms with van der Waals surface area (Å²) in [4.78, 5) is 18.7. The van der Waals surface area contributed by atoms with Gasteiger partial charge in [-0.15, -0.1) is 6.42 Å². The lowest BCUT2D eigenvalue weighted by atomic mass is 10.2. The molecule has 0 radical (unpaired) electrons. The Hall–Kier alpha value is -2.00. The Kier molecular flexibility index (Phi) is 4.07. The molecule has 19 heavy (non-hydrogen) atoms. The molecule has 2 heterocycles. The highest BCUT2D eigenvalue weighted by Gasteiger charge is 2.25. The summed E-state index contributed by atoms with van der Waals surface area (Å²) in [6, 6.07) is 1.19. The second-order valence-corrected chi connectivity index (χ2v) is 4.24. The van der Waals surface area contributed by atoms with E-state index in [-0.39, 0.29) is 5.56 Å². The highest BCUT2D eigenvalue weighted by molar-refractivity contribution is 5.94. The van der Waals surface area contributed by atoms with Crippen molar-refractivity contribution in [3.63, 3.8) is 0 Å². The van der Waals surface area contributed by atoms with Crippen molar-refractivity contribution in [2.24, 2.45) is 0 Å². The second kappa shape index (κ2) is 5.76. The fraction of sp³-hybridized carbons (Fsp3) is 0.385. The van der Waals surface area contributed by atoms with Crippen molar-refractivity contribution in [1.29, 1.82) is 0 Å². The Morgan fingerprint density at radius 2 is 2.05 bits per heavy atom. The molecule has 4 nitrogen and oxygen atoms in total. The summed E-state index contributed by atoms with van der Waals surface area (Å²) in [5.74, 6) is -0.429. The van der Waals surface area contributed by atoms with Gasteiger partial charge in [-0.1, -0.05) is 5.92 Å². The molecule has 1 aromatic rings. The molecule has 0 bridgehead atoms. The molecule has 0 aromatic carbocycles. The van der Waals surface area contributed by atoms with Crippen LogP contribution in [0.3, 0.4) is 0 Å². The normalized spacial score (nSPS) is 16.2. The summed E-state index contributed by atoms with van der Waals surface area (Å²) in [5, 5.41) is 0. The van der Waals surface area contributed by atoms with Crippen LogP contribution in [0.5, 0.6) is 0 Å². The van der Waals surface area contributed by atoms with Gasteiger partial charge in [0.05, 0.1) is 12.1 Å². The number of piperazine rings is 1. The summed E-state index contributed by atoms with van der Waals surface area (Å²) in [6.07, 6.45) is 6.29. The first-order valence-corrected chi connectivity index (χ1v) is 5.88. The molecule has 0 unspecified atom stereocenters. The van der Waals surface area contributed by atoms with Crippen molar-refractivity contribution >= 4 is 5.91 Å². The van der Waals surface area contributed by atoms with E-state index in [2.05, 4.69) is 10.9 Å². The van der Waals surface area contributed by atoms with Crippen LogP contribution in [-0.2, 0) is 0 Å². The molecule has 0 spiro atoms. The molecule has 6 heteroatoms. The van der Waals surface area contributed by atoms with Crippen molar-refractivity contribution in [2.45, 2.75) is 0 Å². The third-order valence-electron chi connectivity index (χ3n) is 3.05. The molecule has 0 aliphatic carbocycles. The third kappa shape index (κ3) is 2.88. The van der Waals surface area contributed by atoms with Crippen LogP contribution in [0.1, 0.15) is 10.4 Å². The lowest BCUT2D eigenvalue weighted by Crippen LogP contribution is -2.48. The Morgan fingerprint density at radius 3 is 2.68 bits per heavy atom. The van der Waals surface area contributed by atoms with Gasteiger partial charge in [0.15, 0.2) is 5.82 Å². The number of hydrogen-bond donors (Lipinski definition) is 0. The molecule has 2 rings (SSSR count). The Labute approximate surface area is 110 Å². The maximum atomic E-state index is 13.5. The van der Waals surface area contributed by atoms with E-state index in [1.54, 1.807) is 0 Å². The van der Waals surface area contributed by atoms with Crippen LogP contribution in [0.15, 0.2) is 12.3 Å². The maximum absolute atomic E-state index is 13.5. The fourth-order valence-corrected chi connectivity index (χ4v) is 1.99. The van der Waals surface area contributed by atoms with E-state index >= 15 is 0 Å². The van der Waals surface area contributed by atoms with Gasteiger partial charge in [0, 0.05) is 32.4 Å². The van der Waals surface area contributed by atoms with Gasteiger partial charge in [0.25, 0.3) is 5.91 Å². The van der Waals surface area contributed by atoms with Gasteiger partial charge in [0.1, 0.15) is 0 Å². The molecule has 1 amide bonds. The predicted molar refractivity (Wildman–Crippen MR) is 65.3 cm³/mol. The monoisotopic (exact) mass is 265 g/mol. The molecule has 1 aliphatic heterocycles. The first kappa shape index (κ1) is 13.4. The van der Waals surface area contributed by atoms with Gasteiger partial charge in [-0.2, -0.15) is 4.39 Å². The minimum atomic E-state index is -1.25. The molecule has 1 aliphatic rings. The predicted octanol–water partition coefficient (Wildman–Crippen LogP) is 0.751. The van der Waals surface area contributed by atoms with E-state index in [9.17, 15) is 13.6 Å². The van der Waals surface area contributed by atoms with Crippen LogP contribution in [-0.4, -0.2) is 53.4 Å². The first-order valence-electron chi connectivity index (χ1n) is 5.88. The summed E-state index contributed by atoms with van der Waals surface area (Å²) >= 11 is 0. The van der Waals surface area contributed by atoms with Gasteiger partial charge in [0.2, 0.25) is 5.95 Å². The highest BCUT2D eigenvalue weighted by Crippen LogP contribution is 2.13. The van der Waals surface area contributed by atoms with Crippen molar-refractivity contribution in [1.82, 2.24) is 14.8 Å². The van der Waals surface area contributed by atoms with E-state index in [4.69, 9.17) is 6.42 Å². The summed E-state index contributed by atoms with van der Waals surface area (Å²) in [7, 11) is 0. The highest BCUT2D eigenvalue weighted by atomic mass is 19.2. The summed E-state index contributed by atoms with van der Waals surface area (Å²) in [6.45, 7) is 2.68.